The average molecular weight is 262 g/mol. The number of rotatable bonds is 3. The molecule has 0 aromatic heterocycles. The number of benzene rings is 1. The van der Waals surface area contributed by atoms with Crippen molar-refractivity contribution in [2.75, 3.05) is 6.54 Å². The molecule has 0 heterocycles. The monoisotopic (exact) mass is 261 g/mol. The van der Waals surface area contributed by atoms with Gasteiger partial charge in [0.15, 0.2) is 0 Å². The van der Waals surface area contributed by atoms with Crippen molar-refractivity contribution >= 4 is 15.9 Å². The van der Waals surface area contributed by atoms with Gasteiger partial charge in [0.25, 0.3) is 0 Å². The first-order valence-corrected chi connectivity index (χ1v) is 5.18. The van der Waals surface area contributed by atoms with Gasteiger partial charge in [0.1, 0.15) is 5.82 Å². The molecule has 0 aliphatic carbocycles. The van der Waals surface area contributed by atoms with Crippen LogP contribution < -0.4 is 5.73 Å². The number of aliphatic hydroxyl groups is 1. The number of nitrogens with two attached hydrogens (primary N) is 1. The second-order valence-electron chi connectivity index (χ2n) is 3.33. The third-order valence-corrected chi connectivity index (χ3v) is 2.80. The van der Waals surface area contributed by atoms with Gasteiger partial charge in [-0.25, -0.2) is 4.39 Å². The summed E-state index contributed by atoms with van der Waals surface area (Å²) in [6, 6.07) is 4.47. The zero-order valence-corrected chi connectivity index (χ0v) is 9.46. The van der Waals surface area contributed by atoms with E-state index in [1.807, 2.05) is 6.92 Å². The maximum Gasteiger partial charge on any atom is 0.137 e. The molecular weight excluding hydrogens is 249 g/mol. The van der Waals surface area contributed by atoms with Gasteiger partial charge in [-0.05, 0) is 46.1 Å². The molecule has 78 valence electrons. The molecule has 4 heteroatoms. The van der Waals surface area contributed by atoms with Gasteiger partial charge in [-0.2, -0.15) is 0 Å². The summed E-state index contributed by atoms with van der Waals surface area (Å²) in [6.45, 7) is 2.25. The number of halogens is 2. The van der Waals surface area contributed by atoms with E-state index in [-0.39, 0.29) is 11.7 Å². The molecule has 0 fully saturated rings. The summed E-state index contributed by atoms with van der Waals surface area (Å²) in [6.07, 6.45) is -0.642. The molecule has 0 spiro atoms. The van der Waals surface area contributed by atoms with Crippen LogP contribution in [0, 0.1) is 11.7 Å². The van der Waals surface area contributed by atoms with Crippen LogP contribution in [0.2, 0.25) is 0 Å². The lowest BCUT2D eigenvalue weighted by atomic mass is 9.98. The first-order valence-electron chi connectivity index (χ1n) is 4.39. The Morgan fingerprint density at radius 2 is 2.21 bits per heavy atom. The minimum atomic E-state index is -0.642. The van der Waals surface area contributed by atoms with Gasteiger partial charge >= 0.3 is 0 Å². The normalized spacial score (nSPS) is 15.2. The Kier molecular flexibility index (Phi) is 4.04. The molecule has 14 heavy (non-hydrogen) atoms. The van der Waals surface area contributed by atoms with Gasteiger partial charge in [0.05, 0.1) is 10.6 Å². The summed E-state index contributed by atoms with van der Waals surface area (Å²) in [5.74, 6) is -0.367. The number of hydrogen-bond donors (Lipinski definition) is 2. The third-order valence-electron chi connectivity index (χ3n) is 2.20. The van der Waals surface area contributed by atoms with Crippen LogP contribution >= 0.6 is 15.9 Å². The van der Waals surface area contributed by atoms with E-state index in [1.165, 1.54) is 6.07 Å². The quantitative estimate of drug-likeness (QED) is 0.877. The fourth-order valence-electron chi connectivity index (χ4n) is 1.15. The smallest absolute Gasteiger partial charge is 0.137 e. The van der Waals surface area contributed by atoms with Crippen LogP contribution in [0.5, 0.6) is 0 Å². The molecule has 0 saturated carbocycles. The fourth-order valence-corrected chi connectivity index (χ4v) is 1.55. The molecule has 1 aromatic carbocycles. The molecule has 2 nitrogen and oxygen atoms in total. The summed E-state index contributed by atoms with van der Waals surface area (Å²) >= 11 is 3.07. The average Bonchev–Trinajstić information content (AvgIpc) is 2.20. The molecule has 0 saturated heterocycles. The van der Waals surface area contributed by atoms with Crippen LogP contribution in [0.25, 0.3) is 0 Å². The lowest BCUT2D eigenvalue weighted by Gasteiger charge is -2.17. The van der Waals surface area contributed by atoms with Crippen molar-refractivity contribution in [2.24, 2.45) is 11.7 Å². The van der Waals surface area contributed by atoms with Crippen LogP contribution in [-0.4, -0.2) is 11.7 Å². The Hall–Kier alpha value is -0.450. The fraction of sp³-hybridized carbons (Fsp3) is 0.400. The maximum absolute atomic E-state index is 12.9. The number of aliphatic hydroxyl groups excluding tert-OH is 1. The zero-order valence-electron chi connectivity index (χ0n) is 7.87. The van der Waals surface area contributed by atoms with Crippen LogP contribution in [0.3, 0.4) is 0 Å². The lowest BCUT2D eigenvalue weighted by molar-refractivity contribution is 0.121. The molecule has 0 aliphatic rings. The van der Waals surface area contributed by atoms with Crippen molar-refractivity contribution in [1.29, 1.82) is 0 Å². The molecule has 3 N–H and O–H groups in total. The Bertz CT molecular complexity index is 319. The maximum atomic E-state index is 12.9. The van der Waals surface area contributed by atoms with Crippen LogP contribution in [0.15, 0.2) is 22.7 Å². The molecule has 0 amide bonds. The van der Waals surface area contributed by atoms with E-state index in [4.69, 9.17) is 5.73 Å². The van der Waals surface area contributed by atoms with E-state index in [1.54, 1.807) is 12.1 Å². The molecule has 0 bridgehead atoms. The van der Waals surface area contributed by atoms with E-state index < -0.39 is 6.10 Å². The van der Waals surface area contributed by atoms with Crippen LogP contribution in [0.1, 0.15) is 18.6 Å². The van der Waals surface area contributed by atoms with E-state index in [9.17, 15) is 9.50 Å². The minimum absolute atomic E-state index is 0.0349. The van der Waals surface area contributed by atoms with Crippen molar-refractivity contribution in [3.63, 3.8) is 0 Å². The van der Waals surface area contributed by atoms with Crippen molar-refractivity contribution in [3.8, 4) is 0 Å². The third kappa shape index (κ3) is 2.53. The van der Waals surface area contributed by atoms with E-state index in [0.29, 0.717) is 16.6 Å². The van der Waals surface area contributed by atoms with E-state index in [2.05, 4.69) is 15.9 Å². The van der Waals surface area contributed by atoms with Gasteiger partial charge < -0.3 is 10.8 Å². The van der Waals surface area contributed by atoms with Gasteiger partial charge in [0, 0.05) is 0 Å². The second kappa shape index (κ2) is 4.87. The van der Waals surface area contributed by atoms with E-state index >= 15 is 0 Å². The minimum Gasteiger partial charge on any atom is -0.388 e. The van der Waals surface area contributed by atoms with Crippen LogP contribution in [0.4, 0.5) is 4.39 Å². The highest BCUT2D eigenvalue weighted by atomic mass is 79.9. The molecule has 0 aliphatic heterocycles. The summed E-state index contributed by atoms with van der Waals surface area (Å²) in [5.41, 5.74) is 6.11. The molecular formula is C10H13BrFNO. The Morgan fingerprint density at radius 3 is 2.71 bits per heavy atom. The topological polar surface area (TPSA) is 46.2 Å². The van der Waals surface area contributed by atoms with Crippen molar-refractivity contribution in [1.82, 2.24) is 0 Å². The summed E-state index contributed by atoms with van der Waals surface area (Å²) < 4.78 is 13.3. The molecule has 2 atom stereocenters. The standard InChI is InChI=1S/C10H13BrFNO/c1-6(5-13)10(14)7-2-3-9(12)8(11)4-7/h2-4,6,10,14H,5,13H2,1H3. The summed E-state index contributed by atoms with van der Waals surface area (Å²) in [7, 11) is 0. The lowest BCUT2D eigenvalue weighted by Crippen LogP contribution is -2.18. The van der Waals surface area contributed by atoms with Crippen molar-refractivity contribution < 1.29 is 9.50 Å². The highest BCUT2D eigenvalue weighted by molar-refractivity contribution is 9.10. The highest BCUT2D eigenvalue weighted by Gasteiger charge is 2.15. The zero-order chi connectivity index (χ0) is 10.7. The Morgan fingerprint density at radius 1 is 1.57 bits per heavy atom. The summed E-state index contributed by atoms with van der Waals surface area (Å²) in [5, 5.41) is 9.78. The van der Waals surface area contributed by atoms with Crippen molar-refractivity contribution in [3.05, 3.63) is 34.1 Å². The van der Waals surface area contributed by atoms with Crippen molar-refractivity contribution in [2.45, 2.75) is 13.0 Å². The molecule has 0 radical (unpaired) electrons. The Balaban J connectivity index is 2.91. The largest absolute Gasteiger partial charge is 0.388 e. The predicted octanol–water partition coefficient (Wildman–Crippen LogP) is 2.22. The van der Waals surface area contributed by atoms with Gasteiger partial charge in [-0.3, -0.25) is 0 Å². The SMILES string of the molecule is CC(CN)C(O)c1ccc(F)c(Br)c1. The van der Waals surface area contributed by atoms with Gasteiger partial charge in [-0.15, -0.1) is 0 Å². The highest BCUT2D eigenvalue weighted by Crippen LogP contribution is 2.25. The molecule has 2 unspecified atom stereocenters. The second-order valence-corrected chi connectivity index (χ2v) is 4.19. The summed E-state index contributed by atoms with van der Waals surface area (Å²) in [4.78, 5) is 0. The first kappa shape index (κ1) is 11.6. The number of hydrogen-bond acceptors (Lipinski definition) is 2. The predicted molar refractivity (Wildman–Crippen MR) is 57.3 cm³/mol. The van der Waals surface area contributed by atoms with Gasteiger partial charge in [0.2, 0.25) is 0 Å². The Labute approximate surface area is 91.1 Å². The van der Waals surface area contributed by atoms with E-state index in [0.717, 1.165) is 0 Å². The van der Waals surface area contributed by atoms with Crippen LogP contribution in [-0.2, 0) is 0 Å². The molecule has 1 aromatic rings. The van der Waals surface area contributed by atoms with Gasteiger partial charge in [-0.1, -0.05) is 13.0 Å². The molecule has 1 rings (SSSR count). The first-order chi connectivity index (χ1) is 6.56.